The van der Waals surface area contributed by atoms with Crippen LogP contribution in [0.5, 0.6) is 0 Å². The van der Waals surface area contributed by atoms with Crippen molar-refractivity contribution < 1.29 is 0 Å². The van der Waals surface area contributed by atoms with Crippen LogP contribution < -0.4 is 9.80 Å². The standard InChI is InChI=1S/C59H44N4/c1-35-24-26-42(32-37(35)3)60(40-16-8-6-9-17-40)52-30-27-43-47-33-55-48(34-54(47)62-50-22-14-12-20-45(50)56(52)58(43)62)44-28-31-53(57-46-21-13-15-23-51(46)63(55)59(44)57)61(41-18-10-7-11-19-41)49-29-25-36(2)38(4)39(49)5/h6-34H,1-5H3. The van der Waals surface area contributed by atoms with Gasteiger partial charge in [-0.05, 0) is 141 Å². The Morgan fingerprint density at radius 3 is 1.33 bits per heavy atom. The number of hydrogen-bond donors (Lipinski definition) is 0. The van der Waals surface area contributed by atoms with Crippen molar-refractivity contribution in [3.05, 3.63) is 204 Å². The van der Waals surface area contributed by atoms with Crippen molar-refractivity contribution in [1.29, 1.82) is 0 Å². The summed E-state index contributed by atoms with van der Waals surface area (Å²) in [7, 11) is 0. The molecule has 9 aromatic carbocycles. The van der Waals surface area contributed by atoms with Crippen LogP contribution in [0.3, 0.4) is 0 Å². The van der Waals surface area contributed by atoms with E-state index >= 15 is 0 Å². The van der Waals surface area contributed by atoms with Gasteiger partial charge in [-0.25, -0.2) is 0 Å². The van der Waals surface area contributed by atoms with Crippen LogP contribution >= 0.6 is 0 Å². The monoisotopic (exact) mass is 808 g/mol. The number of benzene rings is 9. The first-order valence-corrected chi connectivity index (χ1v) is 22.0. The van der Waals surface area contributed by atoms with E-state index in [1.54, 1.807) is 0 Å². The van der Waals surface area contributed by atoms with E-state index in [4.69, 9.17) is 0 Å². The second-order valence-corrected chi connectivity index (χ2v) is 17.6. The summed E-state index contributed by atoms with van der Waals surface area (Å²) in [6.45, 7) is 11.1. The van der Waals surface area contributed by atoms with Crippen LogP contribution in [-0.2, 0) is 0 Å². The summed E-state index contributed by atoms with van der Waals surface area (Å²) >= 11 is 0. The van der Waals surface area contributed by atoms with Crippen molar-refractivity contribution in [2.75, 3.05) is 9.80 Å². The van der Waals surface area contributed by atoms with Gasteiger partial charge in [-0.3, -0.25) is 0 Å². The molecular weight excluding hydrogens is 765 g/mol. The molecule has 0 saturated heterocycles. The quantitative estimate of drug-likeness (QED) is 0.166. The van der Waals surface area contributed by atoms with Crippen LogP contribution in [0, 0.1) is 34.6 Å². The molecule has 4 heteroatoms. The highest BCUT2D eigenvalue weighted by atomic mass is 15.2. The zero-order chi connectivity index (χ0) is 42.2. The van der Waals surface area contributed by atoms with Crippen molar-refractivity contribution >= 4 is 110 Å². The minimum atomic E-state index is 1.14. The fourth-order valence-corrected chi connectivity index (χ4v) is 10.9. The molecule has 4 aromatic heterocycles. The Labute approximate surface area is 365 Å². The second kappa shape index (κ2) is 13.1. The van der Waals surface area contributed by atoms with Crippen LogP contribution in [0.15, 0.2) is 176 Å². The Hall–Kier alpha value is -7.82. The minimum absolute atomic E-state index is 1.14. The Bertz CT molecular complexity index is 3970. The normalized spacial score (nSPS) is 12.2. The summed E-state index contributed by atoms with van der Waals surface area (Å²) in [6.07, 6.45) is 0. The van der Waals surface area contributed by atoms with Crippen molar-refractivity contribution in [3.63, 3.8) is 0 Å². The highest BCUT2D eigenvalue weighted by molar-refractivity contribution is 6.32. The maximum atomic E-state index is 2.55. The van der Waals surface area contributed by atoms with E-state index in [-0.39, 0.29) is 0 Å². The number of hydrogen-bond acceptors (Lipinski definition) is 2. The molecule has 0 fully saturated rings. The molecule has 0 aliphatic carbocycles. The van der Waals surface area contributed by atoms with Gasteiger partial charge < -0.3 is 18.6 Å². The number of anilines is 6. The summed E-state index contributed by atoms with van der Waals surface area (Å²) in [5, 5.41) is 10.1. The smallest absolute Gasteiger partial charge is 0.0641 e. The molecule has 4 nitrogen and oxygen atoms in total. The lowest BCUT2D eigenvalue weighted by molar-refractivity contribution is 1.20. The average Bonchev–Trinajstić information content (AvgIpc) is 4.04. The van der Waals surface area contributed by atoms with Gasteiger partial charge in [0.25, 0.3) is 0 Å². The summed E-state index contributed by atoms with van der Waals surface area (Å²) in [5.41, 5.74) is 20.9. The molecule has 0 N–H and O–H groups in total. The Kier molecular flexibility index (Phi) is 7.46. The molecule has 4 heterocycles. The molecule has 300 valence electrons. The van der Waals surface area contributed by atoms with Gasteiger partial charge in [0.1, 0.15) is 0 Å². The number of rotatable bonds is 6. The van der Waals surface area contributed by atoms with E-state index in [1.807, 2.05) is 0 Å². The Morgan fingerprint density at radius 1 is 0.302 bits per heavy atom. The molecule has 0 aliphatic heterocycles. The molecule has 63 heavy (non-hydrogen) atoms. The van der Waals surface area contributed by atoms with Crippen molar-refractivity contribution in [2.45, 2.75) is 34.6 Å². The molecule has 0 amide bonds. The molecule has 13 aromatic rings. The average molecular weight is 809 g/mol. The van der Waals surface area contributed by atoms with Crippen LogP contribution in [-0.4, -0.2) is 8.80 Å². The number of aryl methyl sites for hydroxylation is 3. The molecule has 0 unspecified atom stereocenters. The zero-order valence-corrected chi connectivity index (χ0v) is 36.0. The first-order valence-electron chi connectivity index (χ1n) is 22.0. The molecule has 0 aliphatic rings. The predicted molar refractivity (Wildman–Crippen MR) is 269 cm³/mol. The summed E-state index contributed by atoms with van der Waals surface area (Å²) in [5.74, 6) is 0. The van der Waals surface area contributed by atoms with Gasteiger partial charge >= 0.3 is 0 Å². The van der Waals surface area contributed by atoms with Gasteiger partial charge in [-0.15, -0.1) is 0 Å². The van der Waals surface area contributed by atoms with E-state index < -0.39 is 0 Å². The number of nitrogens with zero attached hydrogens (tertiary/aromatic N) is 4. The Morgan fingerprint density at radius 2 is 0.778 bits per heavy atom. The van der Waals surface area contributed by atoms with Crippen molar-refractivity contribution in [2.24, 2.45) is 0 Å². The maximum Gasteiger partial charge on any atom is 0.0641 e. The van der Waals surface area contributed by atoms with Gasteiger partial charge in [0.15, 0.2) is 0 Å². The SMILES string of the molecule is Cc1ccc(N(c2ccccc2)c2ccc3c4cc5c(cc4n4c6ccccc6c2c34)c2ccc(N(c3ccccc3)c3ccc(C)c(C)c3C)c3c4ccccc4n5c23)cc1C. The molecule has 13 rings (SSSR count). The van der Waals surface area contributed by atoms with Gasteiger partial charge in [0.2, 0.25) is 0 Å². The molecule has 0 bridgehead atoms. The van der Waals surface area contributed by atoms with E-state index in [1.165, 1.54) is 121 Å². The molecule has 0 atom stereocenters. The maximum absolute atomic E-state index is 2.55. The number of aromatic nitrogens is 2. The lowest BCUT2D eigenvalue weighted by Crippen LogP contribution is -2.12. The largest absolute Gasteiger partial charge is 0.310 e. The lowest BCUT2D eigenvalue weighted by atomic mass is 9.99. The van der Waals surface area contributed by atoms with Crippen LogP contribution in [0.4, 0.5) is 34.1 Å². The summed E-state index contributed by atoms with van der Waals surface area (Å²) in [6, 6.07) is 65.5. The molecular formula is C59H44N4. The van der Waals surface area contributed by atoms with Crippen LogP contribution in [0.2, 0.25) is 0 Å². The molecule has 0 radical (unpaired) electrons. The van der Waals surface area contributed by atoms with E-state index in [2.05, 4.69) is 229 Å². The van der Waals surface area contributed by atoms with E-state index in [0.29, 0.717) is 0 Å². The first-order chi connectivity index (χ1) is 30.9. The Balaban J connectivity index is 1.12. The van der Waals surface area contributed by atoms with Crippen molar-refractivity contribution in [1.82, 2.24) is 8.80 Å². The van der Waals surface area contributed by atoms with Gasteiger partial charge in [-0.2, -0.15) is 0 Å². The fourth-order valence-electron chi connectivity index (χ4n) is 10.9. The third-order valence-corrected chi connectivity index (χ3v) is 14.3. The summed E-state index contributed by atoms with van der Waals surface area (Å²) in [4.78, 5) is 4.92. The van der Waals surface area contributed by atoms with Crippen LogP contribution in [0.1, 0.15) is 27.8 Å². The third kappa shape index (κ3) is 4.86. The minimum Gasteiger partial charge on any atom is -0.310 e. The number of fused-ring (bicyclic) bond motifs is 12. The first kappa shape index (κ1) is 35.9. The number of para-hydroxylation sites is 4. The second-order valence-electron chi connectivity index (χ2n) is 17.6. The van der Waals surface area contributed by atoms with E-state index in [9.17, 15) is 0 Å². The zero-order valence-electron chi connectivity index (χ0n) is 36.0. The highest BCUT2D eigenvalue weighted by Gasteiger charge is 2.28. The third-order valence-electron chi connectivity index (χ3n) is 14.3. The summed E-state index contributed by atoms with van der Waals surface area (Å²) < 4.78 is 5.09. The topological polar surface area (TPSA) is 15.3 Å². The van der Waals surface area contributed by atoms with Crippen molar-refractivity contribution in [3.8, 4) is 0 Å². The van der Waals surface area contributed by atoms with Crippen LogP contribution in [0.25, 0.3) is 76.2 Å². The van der Waals surface area contributed by atoms with Gasteiger partial charge in [0, 0.05) is 65.8 Å². The predicted octanol–water partition coefficient (Wildman–Crippen LogP) is 16.5. The fraction of sp³-hybridized carbons (Fsp3) is 0.0847. The molecule has 0 saturated carbocycles. The van der Waals surface area contributed by atoms with Gasteiger partial charge in [-0.1, -0.05) is 97.1 Å². The molecule has 0 spiro atoms. The lowest BCUT2D eigenvalue weighted by Gasteiger charge is -2.29. The van der Waals surface area contributed by atoms with Gasteiger partial charge in [0.05, 0.1) is 44.5 Å². The van der Waals surface area contributed by atoms with E-state index in [0.717, 1.165) is 17.1 Å². The highest BCUT2D eigenvalue weighted by Crippen LogP contribution is 2.51.